The van der Waals surface area contributed by atoms with Gasteiger partial charge in [0.1, 0.15) is 0 Å². The van der Waals surface area contributed by atoms with Crippen LogP contribution in [0.3, 0.4) is 0 Å². The number of rotatable bonds is 6. The van der Waals surface area contributed by atoms with Gasteiger partial charge in [0.15, 0.2) is 0 Å². The minimum atomic E-state index is -0.102. The maximum absolute atomic E-state index is 12.0. The lowest BCUT2D eigenvalue weighted by molar-refractivity contribution is -0.153. The number of amides is 2. The molecule has 1 fully saturated rings. The molecule has 1 aliphatic heterocycles. The van der Waals surface area contributed by atoms with Crippen molar-refractivity contribution in [3.8, 4) is 0 Å². The summed E-state index contributed by atoms with van der Waals surface area (Å²) in [4.78, 5) is 25.4. The number of hydrogen-bond donors (Lipinski definition) is 0. The number of unbranched alkanes of at least 4 members (excludes halogenated alkanes) is 1. The first-order valence-corrected chi connectivity index (χ1v) is 7.54. The van der Waals surface area contributed by atoms with Gasteiger partial charge in [-0.1, -0.05) is 36.2 Å². The Morgan fingerprint density at radius 1 is 1.24 bits per heavy atom. The Hall–Kier alpha value is -0.380. The molecule has 0 bridgehead atoms. The molecule has 0 saturated carbocycles. The Balaban J connectivity index is 2.56. The van der Waals surface area contributed by atoms with Crippen LogP contribution in [0.4, 0.5) is 0 Å². The highest BCUT2D eigenvalue weighted by molar-refractivity contribution is 9.09. The highest BCUT2D eigenvalue weighted by Gasteiger charge is 2.39. The van der Waals surface area contributed by atoms with Crippen molar-refractivity contribution in [2.45, 2.75) is 52.4 Å². The van der Waals surface area contributed by atoms with Gasteiger partial charge in [0, 0.05) is 24.7 Å². The summed E-state index contributed by atoms with van der Waals surface area (Å²) in [5.41, 5.74) is -0.102. The van der Waals surface area contributed by atoms with Gasteiger partial charge < -0.3 is 0 Å². The van der Waals surface area contributed by atoms with Crippen LogP contribution in [0.1, 0.15) is 52.4 Å². The molecular weight excluding hydrogens is 282 g/mol. The number of imide groups is 1. The molecule has 1 saturated heterocycles. The van der Waals surface area contributed by atoms with E-state index in [0.29, 0.717) is 19.4 Å². The second-order valence-corrected chi connectivity index (χ2v) is 6.04. The van der Waals surface area contributed by atoms with Crippen LogP contribution >= 0.6 is 15.9 Å². The SMILES string of the molecule is CCCC1(C)CC(=O)N(CCCCBr)C(=O)C1. The normalized spacial score (nSPS) is 19.8. The molecular formula is C13H22BrNO2. The number of piperidine rings is 1. The predicted octanol–water partition coefficient (Wildman–Crippen LogP) is 3.12. The Labute approximate surface area is 112 Å². The van der Waals surface area contributed by atoms with E-state index in [9.17, 15) is 9.59 Å². The second kappa shape index (κ2) is 6.53. The van der Waals surface area contributed by atoms with Gasteiger partial charge in [-0.25, -0.2) is 0 Å². The molecule has 1 rings (SSSR count). The van der Waals surface area contributed by atoms with E-state index in [4.69, 9.17) is 0 Å². The Kier molecular flexibility index (Phi) is 5.63. The molecule has 0 aromatic rings. The molecule has 0 radical (unpaired) electrons. The third kappa shape index (κ3) is 4.09. The van der Waals surface area contributed by atoms with Crippen molar-refractivity contribution in [1.29, 1.82) is 0 Å². The van der Waals surface area contributed by atoms with Gasteiger partial charge in [0.05, 0.1) is 0 Å². The summed E-state index contributed by atoms with van der Waals surface area (Å²) < 4.78 is 0. The summed E-state index contributed by atoms with van der Waals surface area (Å²) >= 11 is 3.35. The maximum atomic E-state index is 12.0. The minimum Gasteiger partial charge on any atom is -0.283 e. The molecule has 0 aromatic carbocycles. The minimum absolute atomic E-state index is 0.0202. The molecule has 0 atom stereocenters. The fourth-order valence-electron chi connectivity index (χ4n) is 2.52. The Morgan fingerprint density at radius 3 is 2.29 bits per heavy atom. The number of carbonyl (C=O) groups is 2. The van der Waals surface area contributed by atoms with Crippen molar-refractivity contribution in [1.82, 2.24) is 4.90 Å². The van der Waals surface area contributed by atoms with Crippen LogP contribution in [0.15, 0.2) is 0 Å². The van der Waals surface area contributed by atoms with E-state index < -0.39 is 0 Å². The molecule has 0 spiro atoms. The van der Waals surface area contributed by atoms with Gasteiger partial charge >= 0.3 is 0 Å². The molecule has 1 aliphatic rings. The number of hydrogen-bond acceptors (Lipinski definition) is 2. The summed E-state index contributed by atoms with van der Waals surface area (Å²) in [7, 11) is 0. The van der Waals surface area contributed by atoms with Crippen molar-refractivity contribution in [3.05, 3.63) is 0 Å². The molecule has 2 amide bonds. The van der Waals surface area contributed by atoms with E-state index >= 15 is 0 Å². The summed E-state index contributed by atoms with van der Waals surface area (Å²) in [6.45, 7) is 4.75. The lowest BCUT2D eigenvalue weighted by Crippen LogP contribution is -2.47. The van der Waals surface area contributed by atoms with Crippen LogP contribution in [-0.2, 0) is 9.59 Å². The van der Waals surface area contributed by atoms with E-state index in [-0.39, 0.29) is 17.2 Å². The zero-order valence-electron chi connectivity index (χ0n) is 10.8. The van der Waals surface area contributed by atoms with E-state index in [1.165, 1.54) is 4.90 Å². The first-order valence-electron chi connectivity index (χ1n) is 6.41. The smallest absolute Gasteiger partial charge is 0.229 e. The highest BCUT2D eigenvalue weighted by atomic mass is 79.9. The number of halogens is 1. The molecule has 0 unspecified atom stereocenters. The van der Waals surface area contributed by atoms with Crippen molar-refractivity contribution < 1.29 is 9.59 Å². The number of carbonyl (C=O) groups excluding carboxylic acids is 2. The van der Waals surface area contributed by atoms with Crippen LogP contribution in [0.5, 0.6) is 0 Å². The summed E-state index contributed by atoms with van der Waals surface area (Å²) in [5.74, 6) is 0.0403. The number of likely N-dealkylation sites (tertiary alicyclic amines) is 1. The van der Waals surface area contributed by atoms with Crippen molar-refractivity contribution in [2.75, 3.05) is 11.9 Å². The van der Waals surface area contributed by atoms with E-state index in [2.05, 4.69) is 29.8 Å². The first-order chi connectivity index (χ1) is 8.02. The molecule has 0 aliphatic carbocycles. The van der Waals surface area contributed by atoms with Gasteiger partial charge in [-0.15, -0.1) is 0 Å². The predicted molar refractivity (Wildman–Crippen MR) is 72.0 cm³/mol. The molecule has 0 N–H and O–H groups in total. The van der Waals surface area contributed by atoms with E-state index in [1.54, 1.807) is 0 Å². The topological polar surface area (TPSA) is 37.4 Å². The van der Waals surface area contributed by atoms with E-state index in [0.717, 1.165) is 31.0 Å². The first kappa shape index (κ1) is 14.7. The summed E-state index contributed by atoms with van der Waals surface area (Å²) in [5, 5.41) is 0.927. The molecule has 0 aromatic heterocycles. The van der Waals surface area contributed by atoms with Crippen LogP contribution in [0.2, 0.25) is 0 Å². The fraction of sp³-hybridized carbons (Fsp3) is 0.846. The van der Waals surface area contributed by atoms with Crippen LogP contribution in [0, 0.1) is 5.41 Å². The highest BCUT2D eigenvalue weighted by Crippen LogP contribution is 2.36. The molecule has 98 valence electrons. The van der Waals surface area contributed by atoms with Crippen LogP contribution in [-0.4, -0.2) is 28.6 Å². The van der Waals surface area contributed by atoms with Gasteiger partial charge in [-0.2, -0.15) is 0 Å². The van der Waals surface area contributed by atoms with Crippen molar-refractivity contribution >= 4 is 27.7 Å². The Bertz CT molecular complexity index is 273. The van der Waals surface area contributed by atoms with Crippen molar-refractivity contribution in [3.63, 3.8) is 0 Å². The third-order valence-electron chi connectivity index (χ3n) is 3.38. The summed E-state index contributed by atoms with van der Waals surface area (Å²) in [6.07, 6.45) is 4.94. The van der Waals surface area contributed by atoms with Crippen LogP contribution in [0.25, 0.3) is 0 Å². The standard InChI is InChI=1S/C13H22BrNO2/c1-3-6-13(2)9-11(16)15(12(17)10-13)8-5-4-7-14/h3-10H2,1-2H3. The molecule has 17 heavy (non-hydrogen) atoms. The molecule has 4 heteroatoms. The average Bonchev–Trinajstić information content (AvgIpc) is 2.22. The fourth-order valence-corrected chi connectivity index (χ4v) is 2.91. The van der Waals surface area contributed by atoms with Crippen LogP contribution < -0.4 is 0 Å². The average molecular weight is 304 g/mol. The lowest BCUT2D eigenvalue weighted by atomic mass is 9.76. The maximum Gasteiger partial charge on any atom is 0.229 e. The number of alkyl halides is 1. The quantitative estimate of drug-likeness (QED) is 0.429. The summed E-state index contributed by atoms with van der Waals surface area (Å²) in [6, 6.07) is 0. The van der Waals surface area contributed by atoms with Crippen molar-refractivity contribution in [2.24, 2.45) is 5.41 Å². The number of nitrogens with zero attached hydrogens (tertiary/aromatic N) is 1. The zero-order chi connectivity index (χ0) is 12.9. The van der Waals surface area contributed by atoms with Gasteiger partial charge in [-0.3, -0.25) is 14.5 Å². The zero-order valence-corrected chi connectivity index (χ0v) is 12.4. The lowest BCUT2D eigenvalue weighted by Gasteiger charge is -2.37. The third-order valence-corrected chi connectivity index (χ3v) is 3.94. The largest absolute Gasteiger partial charge is 0.283 e. The van der Waals surface area contributed by atoms with E-state index in [1.807, 2.05) is 0 Å². The van der Waals surface area contributed by atoms with Gasteiger partial charge in [0.2, 0.25) is 11.8 Å². The monoisotopic (exact) mass is 303 g/mol. The molecule has 3 nitrogen and oxygen atoms in total. The molecule has 1 heterocycles. The second-order valence-electron chi connectivity index (χ2n) is 5.25. The van der Waals surface area contributed by atoms with Gasteiger partial charge in [0.25, 0.3) is 0 Å². The van der Waals surface area contributed by atoms with Gasteiger partial charge in [-0.05, 0) is 24.7 Å². The Morgan fingerprint density at radius 2 is 1.82 bits per heavy atom.